The molecule has 122 valence electrons. The van der Waals surface area contributed by atoms with Gasteiger partial charge in [0, 0.05) is 6.04 Å². The molecule has 2 amide bonds. The topological polar surface area (TPSA) is 61.4 Å². The number of benzene rings is 1. The molecule has 1 aliphatic rings. The van der Waals surface area contributed by atoms with Gasteiger partial charge in [0.2, 0.25) is 0 Å². The molecule has 1 aromatic rings. The van der Waals surface area contributed by atoms with Crippen LogP contribution >= 0.6 is 0 Å². The lowest BCUT2D eigenvalue weighted by Crippen LogP contribution is -2.47. The molecule has 1 aromatic carbocycles. The lowest BCUT2D eigenvalue weighted by Gasteiger charge is -2.33. The third-order valence-corrected chi connectivity index (χ3v) is 4.31. The van der Waals surface area contributed by atoms with Crippen LogP contribution in [0.4, 0.5) is 4.79 Å². The van der Waals surface area contributed by atoms with Gasteiger partial charge >= 0.3 is 6.03 Å². The summed E-state index contributed by atoms with van der Waals surface area (Å²) in [4.78, 5) is 12.3. The zero-order chi connectivity index (χ0) is 16.2. The van der Waals surface area contributed by atoms with E-state index in [1.54, 1.807) is 0 Å². The van der Waals surface area contributed by atoms with Gasteiger partial charge in [-0.25, -0.2) is 4.79 Å². The number of carbonyl (C=O) groups excluding carboxylic acids is 1. The van der Waals surface area contributed by atoms with E-state index in [4.69, 9.17) is 0 Å². The van der Waals surface area contributed by atoms with E-state index in [1.165, 1.54) is 0 Å². The van der Waals surface area contributed by atoms with Crippen LogP contribution < -0.4 is 10.6 Å². The van der Waals surface area contributed by atoms with Crippen LogP contribution in [0.25, 0.3) is 0 Å². The van der Waals surface area contributed by atoms with Crippen molar-refractivity contribution < 1.29 is 9.90 Å². The molecule has 0 spiro atoms. The van der Waals surface area contributed by atoms with Crippen molar-refractivity contribution in [3.8, 4) is 0 Å². The summed E-state index contributed by atoms with van der Waals surface area (Å²) in [7, 11) is 0. The monoisotopic (exact) mass is 304 g/mol. The van der Waals surface area contributed by atoms with E-state index in [0.717, 1.165) is 31.2 Å². The van der Waals surface area contributed by atoms with Crippen LogP contribution in [0.5, 0.6) is 0 Å². The minimum Gasteiger partial charge on any atom is -0.393 e. The molecule has 1 unspecified atom stereocenters. The van der Waals surface area contributed by atoms with Crippen molar-refractivity contribution in [2.24, 2.45) is 5.41 Å². The Labute approximate surface area is 133 Å². The molecule has 4 heteroatoms. The Morgan fingerprint density at radius 1 is 1.14 bits per heavy atom. The maximum atomic E-state index is 12.3. The first kappa shape index (κ1) is 16.8. The minimum absolute atomic E-state index is 0.0390. The predicted octanol–water partition coefficient (Wildman–Crippen LogP) is 3.38. The summed E-state index contributed by atoms with van der Waals surface area (Å²) in [6.07, 6.45) is 3.03. The van der Waals surface area contributed by atoms with Gasteiger partial charge in [0.25, 0.3) is 0 Å². The number of rotatable bonds is 3. The Morgan fingerprint density at radius 3 is 2.27 bits per heavy atom. The summed E-state index contributed by atoms with van der Waals surface area (Å²) >= 11 is 0. The zero-order valence-electron chi connectivity index (χ0n) is 13.8. The first-order valence-corrected chi connectivity index (χ1v) is 8.16. The highest BCUT2D eigenvalue weighted by Gasteiger charge is 2.29. The van der Waals surface area contributed by atoms with Gasteiger partial charge in [-0.3, -0.25) is 0 Å². The highest BCUT2D eigenvalue weighted by molar-refractivity contribution is 5.75. The van der Waals surface area contributed by atoms with Crippen molar-refractivity contribution >= 4 is 6.03 Å². The van der Waals surface area contributed by atoms with E-state index in [-0.39, 0.29) is 29.6 Å². The van der Waals surface area contributed by atoms with Gasteiger partial charge in [-0.1, -0.05) is 51.1 Å². The second kappa shape index (κ2) is 7.14. The van der Waals surface area contributed by atoms with E-state index in [9.17, 15) is 9.90 Å². The van der Waals surface area contributed by atoms with Crippen LogP contribution in [0.2, 0.25) is 0 Å². The standard InChI is InChI=1S/C18H28N2O2/c1-18(2,3)16(13-7-5-4-6-8-13)20-17(22)19-14-9-11-15(21)12-10-14/h4-8,14-16,21H,9-12H2,1-3H3,(H2,19,20,22). The number of aliphatic hydroxyl groups is 1. The van der Waals surface area contributed by atoms with Crippen LogP contribution in [0, 0.1) is 5.41 Å². The number of urea groups is 1. The predicted molar refractivity (Wildman–Crippen MR) is 88.6 cm³/mol. The fourth-order valence-corrected chi connectivity index (χ4v) is 3.02. The number of carbonyl (C=O) groups is 1. The number of hydrogen-bond acceptors (Lipinski definition) is 2. The molecule has 0 bridgehead atoms. The molecule has 22 heavy (non-hydrogen) atoms. The number of amides is 2. The molecule has 1 saturated carbocycles. The molecule has 1 fully saturated rings. The van der Waals surface area contributed by atoms with Gasteiger partial charge in [0.15, 0.2) is 0 Å². The molecular formula is C18H28N2O2. The fourth-order valence-electron chi connectivity index (χ4n) is 3.02. The Bertz CT molecular complexity index is 474. The smallest absolute Gasteiger partial charge is 0.315 e. The quantitative estimate of drug-likeness (QED) is 0.801. The first-order valence-electron chi connectivity index (χ1n) is 8.16. The zero-order valence-corrected chi connectivity index (χ0v) is 13.8. The molecular weight excluding hydrogens is 276 g/mol. The Hall–Kier alpha value is -1.55. The van der Waals surface area contributed by atoms with Crippen LogP contribution in [-0.4, -0.2) is 23.3 Å². The molecule has 0 aliphatic heterocycles. The number of hydrogen-bond donors (Lipinski definition) is 3. The largest absolute Gasteiger partial charge is 0.393 e. The summed E-state index contributed by atoms with van der Waals surface area (Å²) in [5.74, 6) is 0. The maximum Gasteiger partial charge on any atom is 0.315 e. The average Bonchev–Trinajstić information content (AvgIpc) is 2.47. The second-order valence-corrected chi connectivity index (χ2v) is 7.33. The van der Waals surface area contributed by atoms with Gasteiger partial charge in [0.05, 0.1) is 12.1 Å². The fraction of sp³-hybridized carbons (Fsp3) is 0.611. The SMILES string of the molecule is CC(C)(C)C(NC(=O)NC1CCC(O)CC1)c1ccccc1. The maximum absolute atomic E-state index is 12.3. The lowest BCUT2D eigenvalue weighted by molar-refractivity contribution is 0.117. The molecule has 1 atom stereocenters. The molecule has 1 aliphatic carbocycles. The van der Waals surface area contributed by atoms with Crippen molar-refractivity contribution in [2.45, 2.75) is 64.6 Å². The number of aliphatic hydroxyl groups excluding tert-OH is 1. The number of nitrogens with one attached hydrogen (secondary N) is 2. The summed E-state index contributed by atoms with van der Waals surface area (Å²) in [6.45, 7) is 6.38. The molecule has 0 radical (unpaired) electrons. The highest BCUT2D eigenvalue weighted by Crippen LogP contribution is 2.32. The minimum atomic E-state index is -0.201. The van der Waals surface area contributed by atoms with Crippen molar-refractivity contribution in [1.82, 2.24) is 10.6 Å². The third kappa shape index (κ3) is 4.73. The van der Waals surface area contributed by atoms with Crippen molar-refractivity contribution in [3.63, 3.8) is 0 Å². The molecule has 3 N–H and O–H groups in total. The normalized spacial score (nSPS) is 23.6. The van der Waals surface area contributed by atoms with Gasteiger partial charge in [-0.15, -0.1) is 0 Å². The highest BCUT2D eigenvalue weighted by atomic mass is 16.3. The summed E-state index contributed by atoms with van der Waals surface area (Å²) in [5.41, 5.74) is 1.05. The van der Waals surface area contributed by atoms with Crippen LogP contribution in [0.1, 0.15) is 58.1 Å². The first-order chi connectivity index (χ1) is 10.4. The Balaban J connectivity index is 1.97. The molecule has 0 saturated heterocycles. The van der Waals surface area contributed by atoms with Gasteiger partial charge < -0.3 is 15.7 Å². The summed E-state index contributed by atoms with van der Waals surface area (Å²) in [6, 6.07) is 10.1. The van der Waals surface area contributed by atoms with E-state index in [2.05, 4.69) is 31.4 Å². The Kier molecular flexibility index (Phi) is 5.46. The lowest BCUT2D eigenvalue weighted by atomic mass is 9.82. The van der Waals surface area contributed by atoms with Crippen LogP contribution in [0.15, 0.2) is 30.3 Å². The van der Waals surface area contributed by atoms with Gasteiger partial charge in [0.1, 0.15) is 0 Å². The van der Waals surface area contributed by atoms with Crippen molar-refractivity contribution in [3.05, 3.63) is 35.9 Å². The van der Waals surface area contributed by atoms with Crippen molar-refractivity contribution in [2.75, 3.05) is 0 Å². The van der Waals surface area contributed by atoms with E-state index in [0.29, 0.717) is 0 Å². The summed E-state index contributed by atoms with van der Waals surface area (Å²) < 4.78 is 0. The molecule has 4 nitrogen and oxygen atoms in total. The molecule has 2 rings (SSSR count). The van der Waals surface area contributed by atoms with Crippen molar-refractivity contribution in [1.29, 1.82) is 0 Å². The van der Waals surface area contributed by atoms with Gasteiger partial charge in [-0.2, -0.15) is 0 Å². The van der Waals surface area contributed by atoms with Crippen LogP contribution in [-0.2, 0) is 0 Å². The van der Waals surface area contributed by atoms with E-state index < -0.39 is 0 Å². The second-order valence-electron chi connectivity index (χ2n) is 7.33. The van der Waals surface area contributed by atoms with Gasteiger partial charge in [-0.05, 0) is 36.7 Å². The Morgan fingerprint density at radius 2 is 1.73 bits per heavy atom. The average molecular weight is 304 g/mol. The molecule has 0 heterocycles. The third-order valence-electron chi connectivity index (χ3n) is 4.31. The summed E-state index contributed by atoms with van der Waals surface area (Å²) in [5, 5.41) is 15.7. The van der Waals surface area contributed by atoms with E-state index >= 15 is 0 Å². The van der Waals surface area contributed by atoms with E-state index in [1.807, 2.05) is 30.3 Å². The molecule has 0 aromatic heterocycles. The van der Waals surface area contributed by atoms with Crippen LogP contribution in [0.3, 0.4) is 0 Å².